The lowest BCUT2D eigenvalue weighted by atomic mass is 10.1. The summed E-state index contributed by atoms with van der Waals surface area (Å²) in [6, 6.07) is 14.4. The first-order valence-electron chi connectivity index (χ1n) is 10.00. The summed E-state index contributed by atoms with van der Waals surface area (Å²) < 4.78 is 16.2. The van der Waals surface area contributed by atoms with Crippen molar-refractivity contribution < 1.29 is 14.2 Å². The number of aliphatic imine (C=N–C) groups is 1. The van der Waals surface area contributed by atoms with Gasteiger partial charge in [-0.3, -0.25) is 4.99 Å². The number of halogens is 1. The lowest BCUT2D eigenvalue weighted by Gasteiger charge is -2.37. The quantitative estimate of drug-likeness (QED) is 0.369. The maximum absolute atomic E-state index is 5.46. The monoisotopic (exact) mass is 524 g/mol. The fourth-order valence-electron chi connectivity index (χ4n) is 3.73. The van der Waals surface area contributed by atoms with E-state index in [1.807, 2.05) is 25.2 Å². The van der Waals surface area contributed by atoms with Gasteiger partial charge in [0.25, 0.3) is 0 Å². The minimum atomic E-state index is 0. The molecule has 0 aliphatic carbocycles. The Bertz CT molecular complexity index is 869. The van der Waals surface area contributed by atoms with Crippen LogP contribution in [-0.4, -0.2) is 64.5 Å². The molecule has 1 saturated heterocycles. The highest BCUT2D eigenvalue weighted by Gasteiger charge is 2.20. The van der Waals surface area contributed by atoms with Gasteiger partial charge in [-0.05, 0) is 36.2 Å². The summed E-state index contributed by atoms with van der Waals surface area (Å²) in [5.41, 5.74) is 2.43. The second-order valence-electron chi connectivity index (χ2n) is 7.09. The van der Waals surface area contributed by atoms with E-state index in [0.717, 1.165) is 62.4 Å². The van der Waals surface area contributed by atoms with Crippen LogP contribution in [-0.2, 0) is 6.42 Å². The number of benzene rings is 2. The molecule has 4 rings (SSSR count). The van der Waals surface area contributed by atoms with Crippen LogP contribution < -0.4 is 24.4 Å². The molecule has 0 spiro atoms. The fraction of sp³-hybridized carbons (Fsp3) is 0.409. The molecule has 2 aromatic rings. The van der Waals surface area contributed by atoms with E-state index < -0.39 is 0 Å². The van der Waals surface area contributed by atoms with Gasteiger partial charge in [-0.25, -0.2) is 0 Å². The van der Waals surface area contributed by atoms with Crippen LogP contribution in [0.2, 0.25) is 0 Å². The van der Waals surface area contributed by atoms with Gasteiger partial charge >= 0.3 is 0 Å². The number of piperazine rings is 1. The van der Waals surface area contributed by atoms with Crippen LogP contribution in [0.25, 0.3) is 0 Å². The van der Waals surface area contributed by atoms with Crippen molar-refractivity contribution >= 4 is 35.6 Å². The Kier molecular flexibility index (Phi) is 7.89. The van der Waals surface area contributed by atoms with Crippen molar-refractivity contribution in [1.82, 2.24) is 10.2 Å². The summed E-state index contributed by atoms with van der Waals surface area (Å²) >= 11 is 0. The third-order valence-corrected chi connectivity index (χ3v) is 5.34. The second-order valence-corrected chi connectivity index (χ2v) is 7.09. The molecule has 0 unspecified atom stereocenters. The highest BCUT2D eigenvalue weighted by atomic mass is 127. The van der Waals surface area contributed by atoms with Gasteiger partial charge in [0.1, 0.15) is 5.75 Å². The van der Waals surface area contributed by atoms with Crippen molar-refractivity contribution in [2.45, 2.75) is 6.42 Å². The van der Waals surface area contributed by atoms with E-state index in [9.17, 15) is 0 Å². The standard InChI is InChI=1S/C22H28N4O3.HI/c1-23-22(24-9-8-17-6-7-20-21(14-17)29-16-28-20)26-12-10-25(11-13-26)18-4-3-5-19(15-18)27-2;/h3-7,14-15H,8-13,16H2,1-2H3,(H,23,24);1H. The molecule has 0 radical (unpaired) electrons. The molecule has 1 fully saturated rings. The van der Waals surface area contributed by atoms with Crippen molar-refractivity contribution in [1.29, 1.82) is 0 Å². The van der Waals surface area contributed by atoms with Crippen molar-refractivity contribution in [3.63, 3.8) is 0 Å². The van der Waals surface area contributed by atoms with Gasteiger partial charge in [-0.2, -0.15) is 0 Å². The average Bonchev–Trinajstić information content (AvgIpc) is 3.25. The Labute approximate surface area is 195 Å². The molecule has 0 amide bonds. The Morgan fingerprint density at radius 3 is 2.63 bits per heavy atom. The minimum absolute atomic E-state index is 0. The van der Waals surface area contributed by atoms with Crippen LogP contribution in [0.1, 0.15) is 5.56 Å². The van der Waals surface area contributed by atoms with E-state index in [-0.39, 0.29) is 24.0 Å². The number of methoxy groups -OCH3 is 1. The molecule has 2 aliphatic rings. The van der Waals surface area contributed by atoms with Crippen LogP contribution in [0.5, 0.6) is 17.2 Å². The van der Waals surface area contributed by atoms with E-state index in [0.29, 0.717) is 6.79 Å². The van der Waals surface area contributed by atoms with Crippen LogP contribution >= 0.6 is 24.0 Å². The summed E-state index contributed by atoms with van der Waals surface area (Å²) in [5.74, 6) is 3.51. The minimum Gasteiger partial charge on any atom is -0.497 e. The predicted octanol–water partition coefficient (Wildman–Crippen LogP) is 2.98. The normalized spacial score (nSPS) is 15.6. The first kappa shape index (κ1) is 22.3. The number of rotatable bonds is 5. The van der Waals surface area contributed by atoms with Gasteiger partial charge in [0, 0.05) is 51.5 Å². The van der Waals surface area contributed by atoms with E-state index >= 15 is 0 Å². The molecule has 30 heavy (non-hydrogen) atoms. The van der Waals surface area contributed by atoms with Crippen molar-refractivity contribution in [2.75, 3.05) is 58.6 Å². The van der Waals surface area contributed by atoms with Crippen molar-refractivity contribution in [3.05, 3.63) is 48.0 Å². The number of ether oxygens (including phenoxy) is 3. The maximum atomic E-state index is 5.46. The zero-order valence-corrected chi connectivity index (χ0v) is 19.8. The summed E-state index contributed by atoms with van der Waals surface area (Å²) in [5, 5.41) is 3.49. The highest BCUT2D eigenvalue weighted by Crippen LogP contribution is 2.32. The Hall–Kier alpha value is -2.36. The number of nitrogens with one attached hydrogen (secondary N) is 1. The summed E-state index contributed by atoms with van der Waals surface area (Å²) in [7, 11) is 3.55. The predicted molar refractivity (Wildman–Crippen MR) is 130 cm³/mol. The number of anilines is 1. The molecular formula is C22H29IN4O3. The first-order chi connectivity index (χ1) is 14.3. The number of guanidine groups is 1. The zero-order valence-electron chi connectivity index (χ0n) is 17.5. The molecule has 162 valence electrons. The lowest BCUT2D eigenvalue weighted by molar-refractivity contribution is 0.174. The summed E-state index contributed by atoms with van der Waals surface area (Å²) in [6.07, 6.45) is 0.902. The summed E-state index contributed by atoms with van der Waals surface area (Å²) in [4.78, 5) is 9.18. The van der Waals surface area contributed by atoms with Crippen LogP contribution in [0, 0.1) is 0 Å². The van der Waals surface area contributed by atoms with Gasteiger partial charge in [-0.1, -0.05) is 12.1 Å². The molecular weight excluding hydrogens is 495 g/mol. The fourth-order valence-corrected chi connectivity index (χ4v) is 3.73. The third kappa shape index (κ3) is 5.21. The molecule has 2 aliphatic heterocycles. The van der Waals surface area contributed by atoms with Crippen LogP contribution in [0.3, 0.4) is 0 Å². The van der Waals surface area contributed by atoms with E-state index in [2.05, 4.69) is 44.4 Å². The second kappa shape index (κ2) is 10.6. The van der Waals surface area contributed by atoms with Gasteiger partial charge in [0.05, 0.1) is 7.11 Å². The Morgan fingerprint density at radius 1 is 1.07 bits per heavy atom. The molecule has 7 nitrogen and oxygen atoms in total. The molecule has 8 heteroatoms. The summed E-state index contributed by atoms with van der Waals surface area (Å²) in [6.45, 7) is 4.90. The largest absolute Gasteiger partial charge is 0.497 e. The SMILES string of the molecule is CN=C(NCCc1ccc2c(c1)OCO2)N1CCN(c2cccc(OC)c2)CC1.I. The van der Waals surface area contributed by atoms with Crippen molar-refractivity contribution in [2.24, 2.45) is 4.99 Å². The molecule has 0 atom stereocenters. The Morgan fingerprint density at radius 2 is 1.87 bits per heavy atom. The third-order valence-electron chi connectivity index (χ3n) is 5.34. The first-order valence-corrected chi connectivity index (χ1v) is 10.00. The van der Waals surface area contributed by atoms with Gasteiger partial charge in [0.15, 0.2) is 17.5 Å². The number of fused-ring (bicyclic) bond motifs is 1. The van der Waals surface area contributed by atoms with Gasteiger partial charge in [0.2, 0.25) is 6.79 Å². The number of hydrogen-bond donors (Lipinski definition) is 1. The molecule has 1 N–H and O–H groups in total. The lowest BCUT2D eigenvalue weighted by Crippen LogP contribution is -2.52. The molecule has 0 aromatic heterocycles. The highest BCUT2D eigenvalue weighted by molar-refractivity contribution is 14.0. The maximum Gasteiger partial charge on any atom is 0.231 e. The molecule has 2 aromatic carbocycles. The number of nitrogens with zero attached hydrogens (tertiary/aromatic N) is 3. The molecule has 2 heterocycles. The Balaban J connectivity index is 0.00000256. The molecule has 0 bridgehead atoms. The zero-order chi connectivity index (χ0) is 20.1. The van der Waals surface area contributed by atoms with Gasteiger partial charge in [-0.15, -0.1) is 24.0 Å². The van der Waals surface area contributed by atoms with Gasteiger partial charge < -0.3 is 29.3 Å². The van der Waals surface area contributed by atoms with Crippen molar-refractivity contribution in [3.8, 4) is 17.2 Å². The van der Waals surface area contributed by atoms with E-state index in [1.165, 1.54) is 11.3 Å². The van der Waals surface area contributed by atoms with Crippen LogP contribution in [0.4, 0.5) is 5.69 Å². The molecule has 0 saturated carbocycles. The smallest absolute Gasteiger partial charge is 0.231 e. The average molecular weight is 524 g/mol. The number of hydrogen-bond acceptors (Lipinski definition) is 5. The van der Waals surface area contributed by atoms with Crippen LogP contribution in [0.15, 0.2) is 47.5 Å². The topological polar surface area (TPSA) is 58.6 Å². The van der Waals surface area contributed by atoms with E-state index in [4.69, 9.17) is 14.2 Å². The van der Waals surface area contributed by atoms with E-state index in [1.54, 1.807) is 7.11 Å².